The highest BCUT2D eigenvalue weighted by Gasteiger charge is 1.97. The molecule has 0 saturated heterocycles. The van der Waals surface area contributed by atoms with Gasteiger partial charge in [-0.1, -0.05) is 13.3 Å². The fraction of sp³-hybridized carbons (Fsp3) is 0.800. The lowest BCUT2D eigenvalue weighted by Gasteiger charge is -1.91. The van der Waals surface area contributed by atoms with Crippen LogP contribution in [0.25, 0.3) is 0 Å². The molecule has 0 aliphatic carbocycles. The first-order valence-corrected chi connectivity index (χ1v) is 4.59. The SMILES string of the molecule is [CH2]CCCS(C)(=O)=O. The van der Waals surface area contributed by atoms with Crippen molar-refractivity contribution in [1.29, 1.82) is 0 Å². The molecule has 0 heterocycles. The van der Waals surface area contributed by atoms with E-state index in [1.165, 1.54) is 6.26 Å². The Morgan fingerprint density at radius 3 is 2.12 bits per heavy atom. The molecule has 0 aromatic heterocycles. The predicted molar refractivity (Wildman–Crippen MR) is 34.3 cm³/mol. The van der Waals surface area contributed by atoms with Crippen LogP contribution in [0.4, 0.5) is 0 Å². The molecular formula is C5H11O2S. The average molecular weight is 135 g/mol. The Bertz CT molecular complexity index is 135. The third-order valence-electron chi connectivity index (χ3n) is 0.765. The summed E-state index contributed by atoms with van der Waals surface area (Å²) in [6.07, 6.45) is 2.62. The minimum absolute atomic E-state index is 0.274. The van der Waals surface area contributed by atoms with Crippen molar-refractivity contribution >= 4 is 9.84 Å². The second-order valence-electron chi connectivity index (χ2n) is 1.84. The number of rotatable bonds is 3. The molecule has 0 amide bonds. The molecule has 0 spiro atoms. The first-order valence-electron chi connectivity index (χ1n) is 2.53. The Balaban J connectivity index is 3.42. The maximum Gasteiger partial charge on any atom is 0.147 e. The number of hydrogen-bond donors (Lipinski definition) is 0. The first kappa shape index (κ1) is 7.95. The molecule has 0 aromatic rings. The van der Waals surface area contributed by atoms with Gasteiger partial charge >= 0.3 is 0 Å². The van der Waals surface area contributed by atoms with Crippen molar-refractivity contribution in [2.24, 2.45) is 0 Å². The van der Waals surface area contributed by atoms with Crippen LogP contribution in [0.2, 0.25) is 0 Å². The second kappa shape index (κ2) is 3.07. The summed E-state index contributed by atoms with van der Waals surface area (Å²) in [5.74, 6) is 0.274. The van der Waals surface area contributed by atoms with E-state index >= 15 is 0 Å². The van der Waals surface area contributed by atoms with E-state index < -0.39 is 9.84 Å². The lowest BCUT2D eigenvalue weighted by molar-refractivity contribution is 0.599. The van der Waals surface area contributed by atoms with Gasteiger partial charge in [0.2, 0.25) is 0 Å². The van der Waals surface area contributed by atoms with Crippen LogP contribution in [0, 0.1) is 6.92 Å². The summed E-state index contributed by atoms with van der Waals surface area (Å²) in [4.78, 5) is 0. The van der Waals surface area contributed by atoms with E-state index in [0.29, 0.717) is 12.8 Å². The lowest BCUT2D eigenvalue weighted by atomic mass is 10.4. The Morgan fingerprint density at radius 1 is 1.50 bits per heavy atom. The summed E-state index contributed by atoms with van der Waals surface area (Å²) in [6.45, 7) is 3.52. The van der Waals surface area contributed by atoms with Crippen LogP contribution in [0.1, 0.15) is 12.8 Å². The van der Waals surface area contributed by atoms with E-state index in [1.807, 2.05) is 0 Å². The van der Waals surface area contributed by atoms with Crippen molar-refractivity contribution in [2.75, 3.05) is 12.0 Å². The van der Waals surface area contributed by atoms with Crippen molar-refractivity contribution in [3.63, 3.8) is 0 Å². The van der Waals surface area contributed by atoms with E-state index in [9.17, 15) is 8.42 Å². The van der Waals surface area contributed by atoms with E-state index in [1.54, 1.807) is 0 Å². The zero-order chi connectivity index (χ0) is 6.62. The zero-order valence-electron chi connectivity index (χ0n) is 5.05. The summed E-state index contributed by atoms with van der Waals surface area (Å²) < 4.78 is 20.7. The highest BCUT2D eigenvalue weighted by atomic mass is 32.2. The van der Waals surface area contributed by atoms with E-state index in [-0.39, 0.29) is 5.75 Å². The van der Waals surface area contributed by atoms with Crippen LogP contribution in [0.3, 0.4) is 0 Å². The molecule has 0 aliphatic rings. The zero-order valence-corrected chi connectivity index (χ0v) is 5.87. The Hall–Kier alpha value is -0.0500. The molecule has 0 N–H and O–H groups in total. The Morgan fingerprint density at radius 2 is 2.00 bits per heavy atom. The summed E-state index contributed by atoms with van der Waals surface area (Å²) in [6, 6.07) is 0. The van der Waals surface area contributed by atoms with Gasteiger partial charge in [-0.15, -0.1) is 0 Å². The van der Waals surface area contributed by atoms with Gasteiger partial charge in [0.05, 0.1) is 0 Å². The Kier molecular flexibility index (Phi) is 3.05. The third kappa shape index (κ3) is 5.95. The summed E-state index contributed by atoms with van der Waals surface area (Å²) in [7, 11) is -2.73. The molecule has 3 heteroatoms. The van der Waals surface area contributed by atoms with Gasteiger partial charge in [0, 0.05) is 12.0 Å². The first-order chi connectivity index (χ1) is 3.56. The number of hydrogen-bond acceptors (Lipinski definition) is 2. The van der Waals surface area contributed by atoms with Gasteiger partial charge in [-0.25, -0.2) is 8.42 Å². The van der Waals surface area contributed by atoms with Crippen LogP contribution >= 0.6 is 0 Å². The molecule has 49 valence electrons. The molecular weight excluding hydrogens is 124 g/mol. The number of unbranched alkanes of at least 4 members (excludes halogenated alkanes) is 1. The van der Waals surface area contributed by atoms with Crippen molar-refractivity contribution in [2.45, 2.75) is 12.8 Å². The molecule has 0 aromatic carbocycles. The molecule has 8 heavy (non-hydrogen) atoms. The monoisotopic (exact) mass is 135 g/mol. The molecule has 0 fully saturated rings. The van der Waals surface area contributed by atoms with Gasteiger partial charge in [0.1, 0.15) is 9.84 Å². The number of sulfone groups is 1. The average Bonchev–Trinajstić information content (AvgIpc) is 1.59. The standard InChI is InChI=1S/C5H11O2S/c1-3-4-5-8(2,6)7/h1,3-5H2,2H3. The highest BCUT2D eigenvalue weighted by Crippen LogP contribution is 1.90. The summed E-state index contributed by atoms with van der Waals surface area (Å²) in [5.41, 5.74) is 0. The van der Waals surface area contributed by atoms with Gasteiger partial charge in [-0.05, 0) is 6.42 Å². The highest BCUT2D eigenvalue weighted by molar-refractivity contribution is 7.90. The van der Waals surface area contributed by atoms with Crippen molar-refractivity contribution < 1.29 is 8.42 Å². The normalized spacial score (nSPS) is 11.8. The van der Waals surface area contributed by atoms with Crippen LogP contribution in [-0.2, 0) is 9.84 Å². The molecule has 0 bridgehead atoms. The summed E-state index contributed by atoms with van der Waals surface area (Å²) >= 11 is 0. The molecule has 0 saturated carbocycles. The second-order valence-corrected chi connectivity index (χ2v) is 4.10. The van der Waals surface area contributed by atoms with Crippen LogP contribution in [-0.4, -0.2) is 20.4 Å². The van der Waals surface area contributed by atoms with Crippen molar-refractivity contribution in [1.82, 2.24) is 0 Å². The van der Waals surface area contributed by atoms with Gasteiger partial charge in [-0.3, -0.25) is 0 Å². The molecule has 2 nitrogen and oxygen atoms in total. The molecule has 1 radical (unpaired) electrons. The maximum atomic E-state index is 10.4. The van der Waals surface area contributed by atoms with Crippen LogP contribution in [0.5, 0.6) is 0 Å². The predicted octanol–water partition coefficient (Wildman–Crippen LogP) is 0.645. The largest absolute Gasteiger partial charge is 0.229 e. The minimum Gasteiger partial charge on any atom is -0.229 e. The topological polar surface area (TPSA) is 34.1 Å². The van der Waals surface area contributed by atoms with Gasteiger partial charge < -0.3 is 0 Å². The van der Waals surface area contributed by atoms with E-state index in [0.717, 1.165) is 0 Å². The van der Waals surface area contributed by atoms with Crippen molar-refractivity contribution in [3.8, 4) is 0 Å². The molecule has 0 rings (SSSR count). The van der Waals surface area contributed by atoms with Gasteiger partial charge in [0.25, 0.3) is 0 Å². The molecule has 0 unspecified atom stereocenters. The molecule has 0 aliphatic heterocycles. The maximum absolute atomic E-state index is 10.4. The quantitative estimate of drug-likeness (QED) is 0.569. The third-order valence-corrected chi connectivity index (χ3v) is 1.80. The van der Waals surface area contributed by atoms with Crippen molar-refractivity contribution in [3.05, 3.63) is 6.92 Å². The van der Waals surface area contributed by atoms with Crippen LogP contribution in [0.15, 0.2) is 0 Å². The summed E-state index contributed by atoms with van der Waals surface area (Å²) in [5, 5.41) is 0. The lowest BCUT2D eigenvalue weighted by Crippen LogP contribution is -2.01. The van der Waals surface area contributed by atoms with E-state index in [2.05, 4.69) is 6.92 Å². The smallest absolute Gasteiger partial charge is 0.147 e. The van der Waals surface area contributed by atoms with E-state index in [4.69, 9.17) is 0 Å². The molecule has 0 atom stereocenters. The van der Waals surface area contributed by atoms with Gasteiger partial charge in [0.15, 0.2) is 0 Å². The fourth-order valence-corrected chi connectivity index (χ4v) is 1.09. The van der Waals surface area contributed by atoms with Crippen LogP contribution < -0.4 is 0 Å². The Labute approximate surface area is 50.8 Å². The van der Waals surface area contributed by atoms with Gasteiger partial charge in [-0.2, -0.15) is 0 Å². The fourth-order valence-electron chi connectivity index (χ4n) is 0.364. The minimum atomic E-state index is -2.73.